The van der Waals surface area contributed by atoms with Gasteiger partial charge in [-0.3, -0.25) is 4.18 Å². The molecule has 2 aromatic rings. The molecule has 0 saturated carbocycles. The molecule has 0 saturated heterocycles. The summed E-state index contributed by atoms with van der Waals surface area (Å²) in [6.45, 7) is 2.78. The normalized spacial score (nSPS) is 11.6. The van der Waals surface area contributed by atoms with Crippen molar-refractivity contribution in [1.29, 1.82) is 0 Å². The van der Waals surface area contributed by atoms with Gasteiger partial charge in [-0.25, -0.2) is 0 Å². The fraction of sp³-hybridized carbons (Fsp3) is 0.500. The van der Waals surface area contributed by atoms with Crippen LogP contribution in [0.15, 0.2) is 48.5 Å². The van der Waals surface area contributed by atoms with Crippen molar-refractivity contribution in [3.63, 3.8) is 0 Å². The van der Waals surface area contributed by atoms with E-state index in [1.807, 2.05) is 36.4 Å². The summed E-state index contributed by atoms with van der Waals surface area (Å²) in [6.07, 6.45) is 5.45. The molecule has 4 N–H and O–H groups in total. The van der Waals surface area contributed by atoms with E-state index in [0.717, 1.165) is 73.5 Å². The molecule has 0 radical (unpaired) electrons. The van der Waals surface area contributed by atoms with E-state index in [4.69, 9.17) is 4.18 Å². The number of aromatic hydroxyl groups is 2. The molecule has 0 amide bonds. The summed E-state index contributed by atoms with van der Waals surface area (Å²) in [7, 11) is -2.76. The molecule has 0 aromatic heterocycles. The Morgan fingerprint density at radius 3 is 1.79 bits per heavy atom. The molecule has 7 nitrogen and oxygen atoms in total. The number of phenols is 2. The first-order valence-electron chi connectivity index (χ1n) is 11.5. The summed E-state index contributed by atoms with van der Waals surface area (Å²) >= 11 is 0. The lowest BCUT2D eigenvalue weighted by atomic mass is 10.1. The Labute approximate surface area is 201 Å². The fourth-order valence-electron chi connectivity index (χ4n) is 3.29. The van der Waals surface area contributed by atoms with E-state index in [0.29, 0.717) is 30.3 Å². The van der Waals surface area contributed by atoms with E-state index in [-0.39, 0.29) is 6.61 Å². The molecule has 0 atom stereocenters. The van der Waals surface area contributed by atoms with Crippen LogP contribution < -0.4 is 10.6 Å². The van der Waals surface area contributed by atoms with Crippen LogP contribution in [-0.4, -0.2) is 57.2 Å². The maximum atomic E-state index is 11.9. The van der Waals surface area contributed by atoms with Crippen molar-refractivity contribution in [3.05, 3.63) is 59.7 Å². The van der Waals surface area contributed by atoms with E-state index in [9.17, 15) is 18.6 Å². The van der Waals surface area contributed by atoms with Crippen molar-refractivity contribution in [3.8, 4) is 11.5 Å². The molecular formula is C24H36N2O5S2. The number of hydrogen-bond acceptors (Lipinski definition) is 8. The molecule has 0 heterocycles. The third kappa shape index (κ3) is 12.3. The largest absolute Gasteiger partial charge is 0.508 e. The maximum absolute atomic E-state index is 11.9. The molecule has 0 bridgehead atoms. The van der Waals surface area contributed by atoms with Crippen molar-refractivity contribution in [2.45, 2.75) is 38.5 Å². The zero-order chi connectivity index (χ0) is 23.8. The van der Waals surface area contributed by atoms with Crippen LogP contribution in [0, 0.1) is 0 Å². The number of phenolic OH excluding ortho intramolecular Hbond substituents is 2. The highest BCUT2D eigenvalue weighted by Crippen LogP contribution is 2.18. The van der Waals surface area contributed by atoms with Gasteiger partial charge >= 0.3 is 9.15 Å². The summed E-state index contributed by atoms with van der Waals surface area (Å²) in [5.74, 6) is 1.11. The SMILES string of the molecule is O=S(=O)(OCCNCCCCc1ccccc1O)SCCNCCCCc1ccccc1O. The van der Waals surface area contributed by atoms with Gasteiger partial charge in [0.15, 0.2) is 0 Å². The molecule has 9 heteroatoms. The average molecular weight is 497 g/mol. The van der Waals surface area contributed by atoms with Gasteiger partial charge in [-0.2, -0.15) is 8.42 Å². The second-order valence-corrected chi connectivity index (χ2v) is 11.4. The van der Waals surface area contributed by atoms with Crippen LogP contribution in [0.5, 0.6) is 11.5 Å². The zero-order valence-electron chi connectivity index (χ0n) is 19.0. The Kier molecular flexibility index (Phi) is 13.3. The van der Waals surface area contributed by atoms with Gasteiger partial charge in [0.05, 0.1) is 6.61 Å². The van der Waals surface area contributed by atoms with Crippen molar-refractivity contribution in [2.24, 2.45) is 0 Å². The minimum atomic E-state index is -3.58. The van der Waals surface area contributed by atoms with Gasteiger partial charge in [-0.15, -0.1) is 0 Å². The second kappa shape index (κ2) is 16.0. The molecule has 0 aliphatic carbocycles. The molecule has 2 aromatic carbocycles. The zero-order valence-corrected chi connectivity index (χ0v) is 20.7. The van der Waals surface area contributed by atoms with Gasteiger partial charge in [0, 0.05) is 18.8 Å². The van der Waals surface area contributed by atoms with E-state index in [1.165, 1.54) is 0 Å². The highest BCUT2D eigenvalue weighted by atomic mass is 33.1. The van der Waals surface area contributed by atoms with Gasteiger partial charge in [-0.1, -0.05) is 36.4 Å². The van der Waals surface area contributed by atoms with Crippen LogP contribution in [0.1, 0.15) is 36.8 Å². The Bertz CT molecular complexity index is 842. The summed E-state index contributed by atoms with van der Waals surface area (Å²) in [6, 6.07) is 14.7. The van der Waals surface area contributed by atoms with E-state index < -0.39 is 9.15 Å². The van der Waals surface area contributed by atoms with Crippen molar-refractivity contribution in [1.82, 2.24) is 10.6 Å². The Balaban J connectivity index is 1.39. The molecule has 184 valence electrons. The van der Waals surface area contributed by atoms with Gasteiger partial charge in [0.2, 0.25) is 0 Å². The molecule has 33 heavy (non-hydrogen) atoms. The minimum absolute atomic E-state index is 0.120. The smallest absolute Gasteiger partial charge is 0.322 e. The molecular weight excluding hydrogens is 460 g/mol. The third-order valence-corrected chi connectivity index (χ3v) is 7.87. The number of benzene rings is 2. The predicted molar refractivity (Wildman–Crippen MR) is 135 cm³/mol. The number of rotatable bonds is 18. The minimum Gasteiger partial charge on any atom is -0.508 e. The van der Waals surface area contributed by atoms with Crippen molar-refractivity contribution >= 4 is 19.9 Å². The van der Waals surface area contributed by atoms with Crippen LogP contribution in [0.4, 0.5) is 0 Å². The lowest BCUT2D eigenvalue weighted by molar-refractivity contribution is 0.325. The van der Waals surface area contributed by atoms with Gasteiger partial charge < -0.3 is 20.8 Å². The van der Waals surface area contributed by atoms with Crippen LogP contribution >= 0.6 is 10.8 Å². The highest BCUT2D eigenvalue weighted by molar-refractivity contribution is 8.70. The Hall–Kier alpha value is -1.78. The first kappa shape index (κ1) is 27.5. The monoisotopic (exact) mass is 496 g/mol. The maximum Gasteiger partial charge on any atom is 0.322 e. The molecule has 2 rings (SSSR count). The first-order chi connectivity index (χ1) is 16.0. The standard InChI is InChI=1S/C24H36N2O5S2/c27-23-13-3-1-9-21(23)11-5-7-15-25-17-19-31-33(29,30)32-20-18-26-16-8-6-12-22-10-2-4-14-24(22)28/h1-4,9-10,13-14,25-28H,5-8,11-12,15-20H2. The summed E-state index contributed by atoms with van der Waals surface area (Å²) < 4.78 is 28.8. The Morgan fingerprint density at radius 1 is 0.727 bits per heavy atom. The molecule has 0 unspecified atom stereocenters. The number of nitrogens with one attached hydrogen (secondary N) is 2. The second-order valence-electron chi connectivity index (χ2n) is 7.72. The predicted octanol–water partition coefficient (Wildman–Crippen LogP) is 3.62. The van der Waals surface area contributed by atoms with Crippen molar-refractivity contribution < 1.29 is 22.8 Å². The number of hydrogen-bond donors (Lipinski definition) is 4. The first-order valence-corrected chi connectivity index (χ1v) is 14.4. The molecule has 0 spiro atoms. The summed E-state index contributed by atoms with van der Waals surface area (Å²) in [5.41, 5.74) is 1.91. The van der Waals surface area contributed by atoms with Crippen molar-refractivity contribution in [2.75, 3.05) is 38.5 Å². The quantitative estimate of drug-likeness (QED) is 0.183. The van der Waals surface area contributed by atoms with E-state index in [1.54, 1.807) is 12.1 Å². The lowest BCUT2D eigenvalue weighted by Crippen LogP contribution is -2.23. The molecule has 0 aliphatic heterocycles. The van der Waals surface area contributed by atoms with Crippen LogP contribution in [0.25, 0.3) is 0 Å². The number of para-hydroxylation sites is 2. The number of aryl methyl sites for hydroxylation is 2. The average Bonchev–Trinajstić information content (AvgIpc) is 2.79. The number of unbranched alkanes of at least 4 members (excludes halogenated alkanes) is 2. The molecule has 0 fully saturated rings. The van der Waals surface area contributed by atoms with Gasteiger partial charge in [0.25, 0.3) is 0 Å². The summed E-state index contributed by atoms with van der Waals surface area (Å²) in [5, 5.41) is 25.9. The van der Waals surface area contributed by atoms with Gasteiger partial charge in [0.1, 0.15) is 11.5 Å². The topological polar surface area (TPSA) is 108 Å². The molecule has 0 aliphatic rings. The van der Waals surface area contributed by atoms with Crippen LogP contribution in [-0.2, 0) is 26.2 Å². The third-order valence-electron chi connectivity index (χ3n) is 5.10. The van der Waals surface area contributed by atoms with E-state index in [2.05, 4.69) is 10.6 Å². The van der Waals surface area contributed by atoms with Crippen LogP contribution in [0.2, 0.25) is 0 Å². The Morgan fingerprint density at radius 2 is 1.24 bits per heavy atom. The van der Waals surface area contributed by atoms with Gasteiger partial charge in [-0.05, 0) is 85.7 Å². The van der Waals surface area contributed by atoms with Crippen LogP contribution in [0.3, 0.4) is 0 Å². The van der Waals surface area contributed by atoms with E-state index >= 15 is 0 Å². The summed E-state index contributed by atoms with van der Waals surface area (Å²) in [4.78, 5) is 0. The highest BCUT2D eigenvalue weighted by Gasteiger charge is 2.11. The fourth-order valence-corrected chi connectivity index (χ4v) is 5.35. The lowest BCUT2D eigenvalue weighted by Gasteiger charge is -2.08.